The van der Waals surface area contributed by atoms with E-state index in [9.17, 15) is 0 Å². The normalized spacial score (nSPS) is 22.3. The smallest absolute Gasteiger partial charge is 0.167 e. The van der Waals surface area contributed by atoms with Crippen LogP contribution in [0.5, 0.6) is 0 Å². The first-order valence-electron chi connectivity index (χ1n) is 10.7. The predicted molar refractivity (Wildman–Crippen MR) is 122 cm³/mol. The zero-order chi connectivity index (χ0) is 21.1. The Hall–Kier alpha value is -1.85. The number of nitrogens with one attached hydrogen (secondary N) is 1. The maximum absolute atomic E-state index is 8.90. The van der Waals surface area contributed by atoms with E-state index in [1.807, 2.05) is 0 Å². The van der Waals surface area contributed by atoms with Gasteiger partial charge in [0.2, 0.25) is 0 Å². The number of aliphatic imine (C=N–C) groups is 1. The fourth-order valence-electron chi connectivity index (χ4n) is 4.39. The Kier molecular flexibility index (Phi) is 4.48. The van der Waals surface area contributed by atoms with Crippen LogP contribution in [-0.2, 0) is 0 Å². The lowest BCUT2D eigenvalue weighted by Crippen LogP contribution is -2.65. The number of thiophene rings is 1. The van der Waals surface area contributed by atoms with Crippen molar-refractivity contribution in [3.8, 4) is 0 Å². The molecular formula is C23H32N4S. The summed E-state index contributed by atoms with van der Waals surface area (Å²) in [6, 6.07) is 6.86. The molecule has 2 aliphatic heterocycles. The Morgan fingerprint density at radius 1 is 1.21 bits per heavy atom. The van der Waals surface area contributed by atoms with Gasteiger partial charge in [0.1, 0.15) is 10.8 Å². The number of anilines is 2. The van der Waals surface area contributed by atoms with Crippen molar-refractivity contribution >= 4 is 33.5 Å². The molecular weight excluding hydrogens is 364 g/mol. The van der Waals surface area contributed by atoms with Gasteiger partial charge in [-0.05, 0) is 77.4 Å². The van der Waals surface area contributed by atoms with Crippen LogP contribution in [-0.4, -0.2) is 46.9 Å². The van der Waals surface area contributed by atoms with Crippen molar-refractivity contribution < 1.29 is 1.41 Å². The highest BCUT2D eigenvalue weighted by Crippen LogP contribution is 2.42. The Morgan fingerprint density at radius 3 is 2.64 bits per heavy atom. The first kappa shape index (κ1) is 18.2. The molecule has 1 fully saturated rings. The first-order valence-corrected chi connectivity index (χ1v) is 11.1. The van der Waals surface area contributed by atoms with Gasteiger partial charge in [-0.25, -0.2) is 4.99 Å². The Bertz CT molecular complexity index is 977. The van der Waals surface area contributed by atoms with Crippen LogP contribution < -0.4 is 5.31 Å². The van der Waals surface area contributed by atoms with Crippen molar-refractivity contribution in [2.45, 2.75) is 60.0 Å². The highest BCUT2D eigenvalue weighted by atomic mass is 32.1. The summed E-state index contributed by atoms with van der Waals surface area (Å²) < 4.78 is 8.90. The summed E-state index contributed by atoms with van der Waals surface area (Å²) in [6.45, 7) is 18.6. The van der Waals surface area contributed by atoms with Crippen LogP contribution in [0.4, 0.5) is 16.4 Å². The van der Waals surface area contributed by atoms with E-state index in [0.29, 0.717) is 6.04 Å². The summed E-state index contributed by atoms with van der Waals surface area (Å²) in [6.07, 6.45) is 0. The SMILES string of the molecule is [2H]N1c2cc(C)c(C)cc2N=C(N2CCN(CC)C(C)C2(C)C)c2cc(C)sc21. The topological polar surface area (TPSA) is 30.9 Å². The monoisotopic (exact) mass is 397 g/mol. The van der Waals surface area contributed by atoms with Crippen LogP contribution in [0.1, 0.15) is 49.3 Å². The molecule has 1 atom stereocenters. The fraction of sp³-hybridized carbons (Fsp3) is 0.522. The van der Waals surface area contributed by atoms with Crippen molar-refractivity contribution in [1.82, 2.24) is 9.80 Å². The molecule has 1 saturated heterocycles. The zero-order valence-electron chi connectivity index (χ0n) is 19.1. The maximum atomic E-state index is 8.90. The Balaban J connectivity index is 1.92. The first-order chi connectivity index (χ1) is 13.6. The minimum atomic E-state index is -0.0582. The standard InChI is InChI=1S/C23H32N4S/c1-8-26-9-10-27(23(6,7)17(26)5)21-18-13-16(4)28-22(18)25-20-12-15(3)14(2)11-19(20)24-21/h11-13,17,25H,8-10H2,1-7H3/i/hD. The van der Waals surface area contributed by atoms with Crippen molar-refractivity contribution in [2.75, 3.05) is 24.9 Å². The number of likely N-dealkylation sites (N-methyl/N-ethyl adjacent to an activating group) is 1. The summed E-state index contributed by atoms with van der Waals surface area (Å²) in [5.41, 5.74) is 5.19. The molecule has 28 heavy (non-hydrogen) atoms. The number of nitrogens with zero attached hydrogens (tertiary/aromatic N) is 3. The Labute approximate surface area is 174 Å². The number of benzene rings is 1. The molecule has 1 aromatic carbocycles. The van der Waals surface area contributed by atoms with E-state index in [1.54, 1.807) is 16.6 Å². The second-order valence-corrected chi connectivity index (χ2v) is 9.89. The van der Waals surface area contributed by atoms with E-state index in [4.69, 9.17) is 6.40 Å². The molecule has 0 bridgehead atoms. The molecule has 2 aromatic rings. The molecule has 0 aliphatic carbocycles. The van der Waals surface area contributed by atoms with Crippen LogP contribution in [0, 0.1) is 20.8 Å². The number of hydrogen-bond donors (Lipinski definition) is 1. The molecule has 3 heterocycles. The minimum absolute atomic E-state index is 0.0582. The zero-order valence-corrected chi connectivity index (χ0v) is 18.9. The molecule has 1 N–H and O–H groups in total. The molecule has 4 nitrogen and oxygen atoms in total. The molecule has 1 aromatic heterocycles. The maximum Gasteiger partial charge on any atom is 0.167 e. The molecule has 1 unspecified atom stereocenters. The van der Waals surface area contributed by atoms with Crippen LogP contribution in [0.15, 0.2) is 23.2 Å². The van der Waals surface area contributed by atoms with E-state index in [-0.39, 0.29) is 5.54 Å². The van der Waals surface area contributed by atoms with Gasteiger partial charge in [-0.1, -0.05) is 6.92 Å². The molecule has 150 valence electrons. The van der Waals surface area contributed by atoms with Gasteiger partial charge < -0.3 is 10.2 Å². The van der Waals surface area contributed by atoms with Gasteiger partial charge in [0.25, 0.3) is 0 Å². The molecule has 5 heteroatoms. The van der Waals surface area contributed by atoms with Gasteiger partial charge in [-0.3, -0.25) is 4.90 Å². The van der Waals surface area contributed by atoms with E-state index in [2.05, 4.69) is 76.5 Å². The second-order valence-electron chi connectivity index (χ2n) is 8.66. The fourth-order valence-corrected chi connectivity index (χ4v) is 5.28. The van der Waals surface area contributed by atoms with E-state index in [1.165, 1.54) is 16.0 Å². The van der Waals surface area contributed by atoms with Crippen LogP contribution in [0.2, 0.25) is 1.41 Å². The van der Waals surface area contributed by atoms with Crippen molar-refractivity contribution in [2.24, 2.45) is 4.99 Å². The number of piperazine rings is 1. The predicted octanol–water partition coefficient (Wildman–Crippen LogP) is 5.61. The van der Waals surface area contributed by atoms with Gasteiger partial charge in [0.15, 0.2) is 1.41 Å². The molecule has 2 aliphatic rings. The third-order valence-electron chi connectivity index (χ3n) is 6.65. The number of amidine groups is 1. The average Bonchev–Trinajstić information content (AvgIpc) is 3.02. The van der Waals surface area contributed by atoms with Gasteiger partial charge >= 0.3 is 0 Å². The molecule has 0 spiro atoms. The van der Waals surface area contributed by atoms with Crippen LogP contribution >= 0.6 is 11.3 Å². The van der Waals surface area contributed by atoms with Gasteiger partial charge in [0, 0.05) is 24.0 Å². The largest absolute Gasteiger partial charge is 0.348 e. The van der Waals surface area contributed by atoms with Gasteiger partial charge in [0.05, 0.1) is 22.5 Å². The van der Waals surface area contributed by atoms with Gasteiger partial charge in [-0.2, -0.15) is 0 Å². The highest BCUT2D eigenvalue weighted by molar-refractivity contribution is 7.16. The lowest BCUT2D eigenvalue weighted by Gasteiger charge is -2.53. The summed E-state index contributed by atoms with van der Waals surface area (Å²) in [5.74, 6) is 1.01. The summed E-state index contributed by atoms with van der Waals surface area (Å²) in [4.78, 5) is 11.5. The minimum Gasteiger partial charge on any atom is -0.348 e. The van der Waals surface area contributed by atoms with Crippen molar-refractivity contribution in [3.63, 3.8) is 0 Å². The summed E-state index contributed by atoms with van der Waals surface area (Å²) in [7, 11) is 0. The quantitative estimate of drug-likeness (QED) is 0.678. The third-order valence-corrected chi connectivity index (χ3v) is 7.60. The lowest BCUT2D eigenvalue weighted by molar-refractivity contribution is 0.0207. The van der Waals surface area contributed by atoms with E-state index < -0.39 is 0 Å². The van der Waals surface area contributed by atoms with Gasteiger partial charge in [-0.15, -0.1) is 11.3 Å². The van der Waals surface area contributed by atoms with Crippen LogP contribution in [0.3, 0.4) is 0 Å². The van der Waals surface area contributed by atoms with Crippen LogP contribution in [0.25, 0.3) is 0 Å². The lowest BCUT2D eigenvalue weighted by atomic mass is 9.88. The number of aryl methyl sites for hydroxylation is 3. The second kappa shape index (κ2) is 6.89. The van der Waals surface area contributed by atoms with Crippen molar-refractivity contribution in [3.05, 3.63) is 39.8 Å². The van der Waals surface area contributed by atoms with E-state index >= 15 is 0 Å². The average molecular weight is 398 g/mol. The molecule has 0 radical (unpaired) electrons. The van der Waals surface area contributed by atoms with Crippen molar-refractivity contribution in [1.29, 1.82) is 0 Å². The summed E-state index contributed by atoms with van der Waals surface area (Å²) in [5, 5.41) is 2.55. The highest BCUT2D eigenvalue weighted by Gasteiger charge is 2.42. The number of fused-ring (bicyclic) bond motifs is 2. The molecule has 0 amide bonds. The van der Waals surface area contributed by atoms with E-state index in [0.717, 1.165) is 47.4 Å². The molecule has 0 saturated carbocycles. The summed E-state index contributed by atoms with van der Waals surface area (Å²) >= 11 is 1.68. The number of rotatable bonds is 1. The molecule has 4 rings (SSSR count). The number of hydrogen-bond acceptors (Lipinski definition) is 5. The third kappa shape index (κ3) is 3.05. The Morgan fingerprint density at radius 2 is 1.93 bits per heavy atom.